The standard InChI is InChI=1S/C20H22N2O4/c1-12(2)18(19(23)24)22(21)20(25)26-11-14-7-5-9-16-15-8-4-3-6-13(15)10-17(14)16/h3-9,12,18H,10-11,21H2,1-2H3,(H,23,24)/t18-/m1/s1. The number of benzene rings is 2. The molecule has 0 spiro atoms. The Morgan fingerprint density at radius 3 is 2.54 bits per heavy atom. The molecule has 0 saturated heterocycles. The highest BCUT2D eigenvalue weighted by molar-refractivity contribution is 5.80. The molecule has 1 aliphatic rings. The normalized spacial score (nSPS) is 13.1. The molecule has 1 atom stereocenters. The summed E-state index contributed by atoms with van der Waals surface area (Å²) in [4.78, 5) is 23.5. The Bertz CT molecular complexity index is 847. The Balaban J connectivity index is 1.74. The van der Waals surface area contributed by atoms with E-state index in [4.69, 9.17) is 10.6 Å². The van der Waals surface area contributed by atoms with Crippen LogP contribution in [0.1, 0.15) is 30.5 Å². The smallest absolute Gasteiger partial charge is 0.425 e. The number of nitrogens with zero attached hydrogens (tertiary/aromatic N) is 1. The van der Waals surface area contributed by atoms with Crippen LogP contribution < -0.4 is 5.84 Å². The van der Waals surface area contributed by atoms with Gasteiger partial charge in [-0.2, -0.15) is 0 Å². The highest BCUT2D eigenvalue weighted by Crippen LogP contribution is 2.38. The van der Waals surface area contributed by atoms with E-state index in [-0.39, 0.29) is 12.5 Å². The maximum absolute atomic E-state index is 12.2. The molecule has 3 rings (SSSR count). The van der Waals surface area contributed by atoms with Crippen molar-refractivity contribution in [3.05, 3.63) is 59.2 Å². The van der Waals surface area contributed by atoms with Gasteiger partial charge in [0, 0.05) is 0 Å². The van der Waals surface area contributed by atoms with Gasteiger partial charge in [-0.3, -0.25) is 0 Å². The maximum atomic E-state index is 12.2. The van der Waals surface area contributed by atoms with E-state index < -0.39 is 18.1 Å². The van der Waals surface area contributed by atoms with Crippen LogP contribution in [-0.2, 0) is 22.6 Å². The van der Waals surface area contributed by atoms with Crippen LogP contribution in [0.4, 0.5) is 4.79 Å². The number of carboxylic acid groups (broad SMARTS) is 1. The van der Waals surface area contributed by atoms with E-state index in [2.05, 4.69) is 18.2 Å². The molecule has 2 aromatic carbocycles. The Kier molecular flexibility index (Phi) is 4.95. The van der Waals surface area contributed by atoms with E-state index in [1.54, 1.807) is 13.8 Å². The number of ether oxygens (including phenoxy) is 1. The number of carboxylic acids is 1. The van der Waals surface area contributed by atoms with E-state index in [0.29, 0.717) is 5.01 Å². The first kappa shape index (κ1) is 17.9. The molecule has 2 aromatic rings. The van der Waals surface area contributed by atoms with Crippen molar-refractivity contribution in [2.45, 2.75) is 32.9 Å². The van der Waals surface area contributed by atoms with Crippen molar-refractivity contribution in [2.24, 2.45) is 11.8 Å². The second-order valence-corrected chi connectivity index (χ2v) is 6.77. The molecule has 0 unspecified atom stereocenters. The Labute approximate surface area is 152 Å². The minimum absolute atomic E-state index is 0.0497. The Morgan fingerprint density at radius 2 is 1.85 bits per heavy atom. The number of aliphatic carboxylic acids is 1. The lowest BCUT2D eigenvalue weighted by atomic mass is 10.0. The summed E-state index contributed by atoms with van der Waals surface area (Å²) in [7, 11) is 0. The lowest BCUT2D eigenvalue weighted by molar-refractivity contribution is -0.144. The van der Waals surface area contributed by atoms with Crippen LogP contribution in [0.25, 0.3) is 11.1 Å². The first-order valence-electron chi connectivity index (χ1n) is 8.52. The van der Waals surface area contributed by atoms with E-state index in [1.807, 2.05) is 24.3 Å². The van der Waals surface area contributed by atoms with Crippen molar-refractivity contribution < 1.29 is 19.4 Å². The van der Waals surface area contributed by atoms with E-state index in [9.17, 15) is 14.7 Å². The van der Waals surface area contributed by atoms with Crippen LogP contribution in [0.15, 0.2) is 42.5 Å². The van der Waals surface area contributed by atoms with Gasteiger partial charge in [-0.15, -0.1) is 0 Å². The lowest BCUT2D eigenvalue weighted by Crippen LogP contribution is -2.52. The number of fused-ring (bicyclic) bond motifs is 3. The number of amides is 1. The topological polar surface area (TPSA) is 92.9 Å². The number of rotatable bonds is 5. The summed E-state index contributed by atoms with van der Waals surface area (Å²) >= 11 is 0. The quantitative estimate of drug-likeness (QED) is 0.417. The molecular weight excluding hydrogens is 332 g/mol. The van der Waals surface area contributed by atoms with Crippen LogP contribution in [-0.4, -0.2) is 28.2 Å². The van der Waals surface area contributed by atoms with Crippen LogP contribution in [0.5, 0.6) is 0 Å². The fourth-order valence-corrected chi connectivity index (χ4v) is 3.41. The minimum Gasteiger partial charge on any atom is -0.480 e. The summed E-state index contributed by atoms with van der Waals surface area (Å²) < 4.78 is 5.29. The fraction of sp³-hybridized carbons (Fsp3) is 0.300. The van der Waals surface area contributed by atoms with Gasteiger partial charge in [0.2, 0.25) is 0 Å². The van der Waals surface area contributed by atoms with Crippen molar-refractivity contribution in [1.82, 2.24) is 5.01 Å². The Hall–Kier alpha value is -2.86. The molecule has 0 bridgehead atoms. The van der Waals surface area contributed by atoms with Gasteiger partial charge >= 0.3 is 12.1 Å². The molecule has 26 heavy (non-hydrogen) atoms. The second-order valence-electron chi connectivity index (χ2n) is 6.77. The average molecular weight is 354 g/mol. The summed E-state index contributed by atoms with van der Waals surface area (Å²) in [5.74, 6) is 4.20. The van der Waals surface area contributed by atoms with Crippen molar-refractivity contribution >= 4 is 12.1 Å². The summed E-state index contributed by atoms with van der Waals surface area (Å²) in [5.41, 5.74) is 5.61. The van der Waals surface area contributed by atoms with E-state index in [1.165, 1.54) is 11.1 Å². The molecule has 0 saturated carbocycles. The van der Waals surface area contributed by atoms with Gasteiger partial charge in [0.25, 0.3) is 0 Å². The number of hydrogen-bond donors (Lipinski definition) is 2. The average Bonchev–Trinajstić information content (AvgIpc) is 2.98. The SMILES string of the molecule is CC(C)[C@H](C(=O)O)N(N)C(=O)OCc1cccc2c1Cc1ccccc1-2. The van der Waals surface area contributed by atoms with Gasteiger partial charge in [-0.25, -0.2) is 20.4 Å². The molecule has 1 amide bonds. The van der Waals surface area contributed by atoms with E-state index in [0.717, 1.165) is 23.1 Å². The first-order valence-corrected chi connectivity index (χ1v) is 8.52. The predicted octanol–water partition coefficient (Wildman–Crippen LogP) is 3.18. The zero-order valence-corrected chi connectivity index (χ0v) is 14.8. The van der Waals surface area contributed by atoms with Crippen LogP contribution in [0.2, 0.25) is 0 Å². The summed E-state index contributed by atoms with van der Waals surface area (Å²) in [6.07, 6.45) is -0.0609. The van der Waals surface area contributed by atoms with Gasteiger partial charge in [0.05, 0.1) is 0 Å². The third-order valence-corrected chi connectivity index (χ3v) is 4.69. The van der Waals surface area contributed by atoms with Crippen molar-refractivity contribution in [3.63, 3.8) is 0 Å². The minimum atomic E-state index is -1.16. The zero-order valence-electron chi connectivity index (χ0n) is 14.8. The molecule has 0 aliphatic heterocycles. The third-order valence-electron chi connectivity index (χ3n) is 4.69. The number of hydrogen-bond acceptors (Lipinski definition) is 4. The largest absolute Gasteiger partial charge is 0.480 e. The maximum Gasteiger partial charge on any atom is 0.425 e. The third kappa shape index (κ3) is 3.28. The van der Waals surface area contributed by atoms with E-state index >= 15 is 0 Å². The van der Waals surface area contributed by atoms with Gasteiger partial charge in [0.1, 0.15) is 6.61 Å². The summed E-state index contributed by atoms with van der Waals surface area (Å²) in [6.45, 7) is 3.43. The monoisotopic (exact) mass is 354 g/mol. The molecule has 0 fully saturated rings. The molecule has 6 heteroatoms. The molecule has 3 N–H and O–H groups in total. The molecular formula is C20H22N2O4. The highest BCUT2D eigenvalue weighted by Gasteiger charge is 2.31. The summed E-state index contributed by atoms with van der Waals surface area (Å²) in [6, 6.07) is 13.0. The highest BCUT2D eigenvalue weighted by atomic mass is 16.6. The molecule has 0 aromatic heterocycles. The van der Waals surface area contributed by atoms with Gasteiger partial charge in [-0.1, -0.05) is 56.3 Å². The molecule has 0 heterocycles. The van der Waals surface area contributed by atoms with Crippen molar-refractivity contribution in [3.8, 4) is 11.1 Å². The molecule has 1 aliphatic carbocycles. The zero-order chi connectivity index (χ0) is 18.8. The van der Waals surface area contributed by atoms with Crippen LogP contribution in [0.3, 0.4) is 0 Å². The number of hydrazine groups is 1. The second kappa shape index (κ2) is 7.17. The lowest BCUT2D eigenvalue weighted by Gasteiger charge is -2.26. The molecule has 136 valence electrons. The van der Waals surface area contributed by atoms with Crippen LogP contribution in [0, 0.1) is 5.92 Å². The van der Waals surface area contributed by atoms with Gasteiger partial charge < -0.3 is 9.84 Å². The predicted molar refractivity (Wildman–Crippen MR) is 97.2 cm³/mol. The molecule has 0 radical (unpaired) electrons. The number of nitrogens with two attached hydrogens (primary N) is 1. The Morgan fingerprint density at radius 1 is 1.15 bits per heavy atom. The summed E-state index contributed by atoms with van der Waals surface area (Å²) in [5, 5.41) is 9.90. The van der Waals surface area contributed by atoms with Crippen molar-refractivity contribution in [1.29, 1.82) is 0 Å². The first-order chi connectivity index (χ1) is 12.4. The van der Waals surface area contributed by atoms with Crippen LogP contribution >= 0.6 is 0 Å². The number of carbonyl (C=O) groups is 2. The molecule has 6 nitrogen and oxygen atoms in total. The van der Waals surface area contributed by atoms with Gasteiger partial charge in [0.15, 0.2) is 6.04 Å². The fourth-order valence-electron chi connectivity index (χ4n) is 3.41. The van der Waals surface area contributed by atoms with Gasteiger partial charge in [-0.05, 0) is 40.2 Å². The van der Waals surface area contributed by atoms with Crippen molar-refractivity contribution in [2.75, 3.05) is 0 Å². The number of carbonyl (C=O) groups excluding carboxylic acids is 1.